The van der Waals surface area contributed by atoms with Gasteiger partial charge in [0.2, 0.25) is 0 Å². The van der Waals surface area contributed by atoms with E-state index in [0.717, 1.165) is 24.1 Å². The van der Waals surface area contributed by atoms with E-state index in [1.54, 1.807) is 5.57 Å². The lowest BCUT2D eigenvalue weighted by Gasteiger charge is -2.51. The highest BCUT2D eigenvalue weighted by molar-refractivity contribution is 5.72. The Morgan fingerprint density at radius 2 is 2.20 bits per heavy atom. The standard InChI is InChI=1S/C21H22N4/c1-3-20-21(2,16-8-9-16)17-10-7-15(18-6-4-5-11-22-18)14-19(17)24-13-12-23-25(20)24/h4-8,10-14,20,25H,3,9H2,1-2H3. The number of aromatic nitrogens is 1. The Kier molecular flexibility index (Phi) is 3.06. The normalized spacial score (nSPS) is 28.9. The van der Waals surface area contributed by atoms with Crippen LogP contribution in [-0.2, 0) is 5.41 Å². The van der Waals surface area contributed by atoms with Crippen LogP contribution in [0, 0.1) is 0 Å². The number of anilines is 1. The van der Waals surface area contributed by atoms with Gasteiger partial charge in [-0.3, -0.25) is 10.1 Å². The first-order valence-electron chi connectivity index (χ1n) is 9.02. The summed E-state index contributed by atoms with van der Waals surface area (Å²) in [5.74, 6) is 0. The van der Waals surface area contributed by atoms with Gasteiger partial charge in [0.1, 0.15) is 6.04 Å². The maximum Gasteiger partial charge on any atom is 0.118 e. The number of allylic oxidation sites excluding steroid dienone is 1. The molecule has 0 radical (unpaired) electrons. The first-order valence-corrected chi connectivity index (χ1v) is 9.02. The summed E-state index contributed by atoms with van der Waals surface area (Å²) >= 11 is 0. The monoisotopic (exact) mass is 330 g/mol. The maximum absolute atomic E-state index is 4.74. The molecular formula is C21H22N4. The number of nitrogens with one attached hydrogen (secondary N) is 1. The fraction of sp³-hybridized carbons (Fsp3) is 0.286. The zero-order chi connectivity index (χ0) is 17.0. The first kappa shape index (κ1) is 14.7. The highest BCUT2D eigenvalue weighted by Crippen LogP contribution is 2.50. The van der Waals surface area contributed by atoms with Crippen LogP contribution in [-0.4, -0.2) is 11.0 Å². The average Bonchev–Trinajstić information content (AvgIpc) is 3.41. The van der Waals surface area contributed by atoms with Crippen LogP contribution in [0.1, 0.15) is 32.3 Å². The Bertz CT molecular complexity index is 886. The fourth-order valence-electron chi connectivity index (χ4n) is 4.55. The number of hydrogen-bond acceptors (Lipinski definition) is 2. The summed E-state index contributed by atoms with van der Waals surface area (Å²) in [6.07, 6.45) is 10.5. The highest BCUT2D eigenvalue weighted by Gasteiger charge is 2.52. The van der Waals surface area contributed by atoms with Crippen molar-refractivity contribution in [3.05, 3.63) is 77.6 Å². The molecule has 0 fully saturated rings. The molecule has 2 aliphatic heterocycles. The molecule has 0 bridgehead atoms. The van der Waals surface area contributed by atoms with Crippen molar-refractivity contribution >= 4 is 5.69 Å². The van der Waals surface area contributed by atoms with E-state index in [2.05, 4.69) is 60.4 Å². The summed E-state index contributed by atoms with van der Waals surface area (Å²) < 4.78 is 0. The number of benzene rings is 1. The van der Waals surface area contributed by atoms with E-state index in [0.29, 0.717) is 6.04 Å². The van der Waals surface area contributed by atoms with E-state index in [4.69, 9.17) is 5.43 Å². The Morgan fingerprint density at radius 1 is 1.32 bits per heavy atom. The second kappa shape index (κ2) is 5.20. The number of pyridine rings is 1. The van der Waals surface area contributed by atoms with Crippen LogP contribution in [0.25, 0.3) is 16.7 Å². The minimum Gasteiger partial charge on any atom is -0.467 e. The van der Waals surface area contributed by atoms with Crippen molar-refractivity contribution in [3.8, 4) is 11.3 Å². The van der Waals surface area contributed by atoms with Crippen molar-refractivity contribution in [2.24, 2.45) is 0 Å². The molecule has 25 heavy (non-hydrogen) atoms. The number of rotatable bonds is 3. The SMILES string of the molecule is CCC1[NH+]2[N-]C=CN2c2cc(-c3ccccn3)ccc2C1(C)C1=CC1. The molecule has 3 atom stereocenters. The van der Waals surface area contributed by atoms with E-state index in [1.807, 2.05) is 24.5 Å². The van der Waals surface area contributed by atoms with Gasteiger partial charge in [0, 0.05) is 18.0 Å². The second-order valence-electron chi connectivity index (χ2n) is 7.20. The molecule has 4 nitrogen and oxygen atoms in total. The molecule has 1 aromatic heterocycles. The average molecular weight is 330 g/mol. The Hall–Kier alpha value is -2.59. The predicted molar refractivity (Wildman–Crippen MR) is 99.7 cm³/mol. The van der Waals surface area contributed by atoms with E-state index >= 15 is 0 Å². The van der Waals surface area contributed by atoms with Crippen LogP contribution in [0.5, 0.6) is 0 Å². The fourth-order valence-corrected chi connectivity index (χ4v) is 4.55. The van der Waals surface area contributed by atoms with Crippen molar-refractivity contribution in [3.63, 3.8) is 0 Å². The van der Waals surface area contributed by atoms with Crippen LogP contribution in [0.4, 0.5) is 5.69 Å². The van der Waals surface area contributed by atoms with E-state index in [-0.39, 0.29) is 5.41 Å². The molecule has 3 unspecified atom stereocenters. The van der Waals surface area contributed by atoms with Crippen molar-refractivity contribution in [2.75, 3.05) is 5.01 Å². The minimum atomic E-state index is 0.0497. The van der Waals surface area contributed by atoms with Crippen LogP contribution in [0.15, 0.2) is 66.6 Å². The molecule has 1 N–H and O–H groups in total. The highest BCUT2D eigenvalue weighted by atomic mass is 15.8. The molecule has 5 rings (SSSR count). The summed E-state index contributed by atoms with van der Waals surface area (Å²) in [5, 5.41) is 3.46. The molecule has 0 saturated heterocycles. The zero-order valence-corrected chi connectivity index (χ0v) is 14.6. The minimum absolute atomic E-state index is 0.0497. The predicted octanol–water partition coefficient (Wildman–Crippen LogP) is 3.51. The van der Waals surface area contributed by atoms with Gasteiger partial charge in [0.05, 0.1) is 16.8 Å². The molecule has 0 spiro atoms. The molecule has 1 aliphatic carbocycles. The Balaban J connectivity index is 1.71. The Morgan fingerprint density at radius 3 is 2.92 bits per heavy atom. The topological polar surface area (TPSA) is 34.7 Å². The summed E-state index contributed by atoms with van der Waals surface area (Å²) in [6, 6.07) is 13.3. The molecule has 4 heteroatoms. The third-order valence-corrected chi connectivity index (χ3v) is 5.94. The summed E-state index contributed by atoms with van der Waals surface area (Å²) in [4.78, 5) is 4.52. The number of nitrogens with zero attached hydrogens (tertiary/aromatic N) is 3. The maximum atomic E-state index is 4.74. The first-order chi connectivity index (χ1) is 12.2. The molecular weight excluding hydrogens is 308 g/mol. The van der Waals surface area contributed by atoms with Crippen molar-refractivity contribution < 1.29 is 5.12 Å². The molecule has 3 aliphatic rings. The van der Waals surface area contributed by atoms with Crippen molar-refractivity contribution in [2.45, 2.75) is 38.1 Å². The largest absolute Gasteiger partial charge is 0.467 e. The second-order valence-corrected chi connectivity index (χ2v) is 7.20. The molecule has 126 valence electrons. The number of fused-ring (bicyclic) bond motifs is 3. The van der Waals surface area contributed by atoms with Crippen LogP contribution >= 0.6 is 0 Å². The summed E-state index contributed by atoms with van der Waals surface area (Å²) in [5.41, 5.74) is 11.2. The molecule has 0 amide bonds. The quantitative estimate of drug-likeness (QED) is 0.874. The zero-order valence-electron chi connectivity index (χ0n) is 14.6. The molecule has 2 aromatic rings. The van der Waals surface area contributed by atoms with Gasteiger partial charge < -0.3 is 5.43 Å². The van der Waals surface area contributed by atoms with Crippen LogP contribution < -0.4 is 10.1 Å². The smallest absolute Gasteiger partial charge is 0.118 e. The van der Waals surface area contributed by atoms with E-state index < -0.39 is 0 Å². The Labute approximate surface area is 148 Å². The van der Waals surface area contributed by atoms with Gasteiger partial charge in [-0.25, -0.2) is 5.01 Å². The van der Waals surface area contributed by atoms with Gasteiger partial charge in [-0.2, -0.15) is 0 Å². The summed E-state index contributed by atoms with van der Waals surface area (Å²) in [6.45, 7) is 4.68. The van der Waals surface area contributed by atoms with Crippen molar-refractivity contribution in [1.82, 2.24) is 4.98 Å². The third-order valence-electron chi connectivity index (χ3n) is 5.94. The third kappa shape index (κ3) is 2.01. The lowest BCUT2D eigenvalue weighted by molar-refractivity contribution is -0.893. The van der Waals surface area contributed by atoms with Gasteiger partial charge in [0.25, 0.3) is 0 Å². The molecule has 1 aromatic carbocycles. The van der Waals surface area contributed by atoms with Crippen LogP contribution in [0.3, 0.4) is 0 Å². The van der Waals surface area contributed by atoms with Crippen molar-refractivity contribution in [1.29, 1.82) is 0 Å². The van der Waals surface area contributed by atoms with Crippen LogP contribution in [0.2, 0.25) is 0 Å². The molecule has 3 heterocycles. The number of hydrogen-bond donors (Lipinski definition) is 1. The van der Waals surface area contributed by atoms with Gasteiger partial charge in [0.15, 0.2) is 0 Å². The molecule has 0 saturated carbocycles. The van der Waals surface area contributed by atoms with Gasteiger partial charge >= 0.3 is 0 Å². The lowest BCUT2D eigenvalue weighted by atomic mass is 9.70. The number of quaternary nitrogens is 1. The van der Waals surface area contributed by atoms with E-state index in [1.165, 1.54) is 16.4 Å². The van der Waals surface area contributed by atoms with Gasteiger partial charge in [-0.05, 0) is 43.5 Å². The van der Waals surface area contributed by atoms with E-state index in [9.17, 15) is 0 Å². The van der Waals surface area contributed by atoms with Gasteiger partial charge in [-0.15, -0.1) is 6.20 Å². The lowest BCUT2D eigenvalue weighted by Crippen LogP contribution is -3.19. The summed E-state index contributed by atoms with van der Waals surface area (Å²) in [7, 11) is 0. The van der Waals surface area contributed by atoms with Gasteiger partial charge in [-0.1, -0.05) is 36.8 Å².